The standard InChI is InChI=1S/C11H14N4O2S/c16-18(17,8-10-4-2-1-3-5-10)14-7-6-11-12-9-13-15-11/h1-5,9,14H,6-8H2,(H,12,13,15). The van der Waals surface area contributed by atoms with E-state index < -0.39 is 10.0 Å². The molecule has 96 valence electrons. The molecule has 18 heavy (non-hydrogen) atoms. The van der Waals surface area contributed by atoms with Crippen LogP contribution in [-0.2, 0) is 22.2 Å². The van der Waals surface area contributed by atoms with Crippen LogP contribution in [0, 0.1) is 0 Å². The molecule has 6 nitrogen and oxygen atoms in total. The fourth-order valence-corrected chi connectivity index (χ4v) is 2.67. The lowest BCUT2D eigenvalue weighted by Crippen LogP contribution is -2.27. The van der Waals surface area contributed by atoms with E-state index in [9.17, 15) is 8.42 Å². The van der Waals surface area contributed by atoms with E-state index in [2.05, 4.69) is 19.9 Å². The van der Waals surface area contributed by atoms with Crippen molar-refractivity contribution in [3.05, 3.63) is 48.0 Å². The highest BCUT2D eigenvalue weighted by molar-refractivity contribution is 7.88. The monoisotopic (exact) mass is 266 g/mol. The van der Waals surface area contributed by atoms with E-state index in [0.717, 1.165) is 5.56 Å². The third-order valence-corrected chi connectivity index (χ3v) is 3.71. The van der Waals surface area contributed by atoms with Gasteiger partial charge in [0, 0.05) is 13.0 Å². The van der Waals surface area contributed by atoms with Gasteiger partial charge in [-0.3, -0.25) is 5.10 Å². The smallest absolute Gasteiger partial charge is 0.215 e. The zero-order valence-electron chi connectivity index (χ0n) is 9.70. The molecule has 0 aliphatic heterocycles. The van der Waals surface area contributed by atoms with Crippen molar-refractivity contribution in [3.63, 3.8) is 0 Å². The van der Waals surface area contributed by atoms with Crippen LogP contribution in [0.5, 0.6) is 0 Å². The van der Waals surface area contributed by atoms with E-state index in [0.29, 0.717) is 18.8 Å². The Hall–Kier alpha value is -1.73. The van der Waals surface area contributed by atoms with Crippen LogP contribution >= 0.6 is 0 Å². The Morgan fingerprint density at radius 1 is 1.22 bits per heavy atom. The molecule has 7 heteroatoms. The average molecular weight is 266 g/mol. The molecule has 2 rings (SSSR count). The Morgan fingerprint density at radius 3 is 2.67 bits per heavy atom. The minimum atomic E-state index is -3.30. The summed E-state index contributed by atoms with van der Waals surface area (Å²) in [6, 6.07) is 9.07. The van der Waals surface area contributed by atoms with Crippen molar-refractivity contribution in [2.75, 3.05) is 6.54 Å². The van der Waals surface area contributed by atoms with Crippen molar-refractivity contribution in [1.29, 1.82) is 0 Å². The van der Waals surface area contributed by atoms with Crippen molar-refractivity contribution in [2.24, 2.45) is 0 Å². The average Bonchev–Trinajstić information content (AvgIpc) is 2.82. The first-order valence-electron chi connectivity index (χ1n) is 5.51. The summed E-state index contributed by atoms with van der Waals surface area (Å²) < 4.78 is 26.1. The predicted octanol–water partition coefficient (Wildman–Crippen LogP) is 0.467. The Labute approximate surface area is 106 Å². The van der Waals surface area contributed by atoms with Crippen LogP contribution in [0.3, 0.4) is 0 Å². The lowest BCUT2D eigenvalue weighted by atomic mass is 10.2. The number of nitrogens with one attached hydrogen (secondary N) is 2. The fraction of sp³-hybridized carbons (Fsp3) is 0.273. The van der Waals surface area contributed by atoms with Gasteiger partial charge in [0.05, 0.1) is 5.75 Å². The van der Waals surface area contributed by atoms with Crippen LogP contribution in [0.25, 0.3) is 0 Å². The Bertz CT molecular complexity index is 566. The van der Waals surface area contributed by atoms with Gasteiger partial charge in [-0.05, 0) is 5.56 Å². The maximum atomic E-state index is 11.8. The van der Waals surface area contributed by atoms with Crippen LogP contribution in [0.2, 0.25) is 0 Å². The number of benzene rings is 1. The van der Waals surface area contributed by atoms with Gasteiger partial charge in [-0.1, -0.05) is 30.3 Å². The molecule has 0 aliphatic carbocycles. The van der Waals surface area contributed by atoms with Gasteiger partial charge in [0.2, 0.25) is 10.0 Å². The second kappa shape index (κ2) is 5.74. The normalized spacial score (nSPS) is 11.6. The van der Waals surface area contributed by atoms with Crippen LogP contribution in [0.4, 0.5) is 0 Å². The molecule has 0 fully saturated rings. The summed E-state index contributed by atoms with van der Waals surface area (Å²) >= 11 is 0. The fourth-order valence-electron chi connectivity index (χ4n) is 1.52. The number of aromatic nitrogens is 3. The number of hydrogen-bond acceptors (Lipinski definition) is 4. The SMILES string of the molecule is O=S(=O)(Cc1ccccc1)NCCc1ncn[nH]1. The van der Waals surface area contributed by atoms with Crippen LogP contribution in [-0.4, -0.2) is 30.1 Å². The highest BCUT2D eigenvalue weighted by Crippen LogP contribution is 2.03. The number of H-pyrrole nitrogens is 1. The molecule has 0 saturated carbocycles. The molecule has 0 radical (unpaired) electrons. The summed E-state index contributed by atoms with van der Waals surface area (Å²) in [5.74, 6) is 0.655. The largest absolute Gasteiger partial charge is 0.263 e. The molecule has 0 atom stereocenters. The number of nitrogens with zero attached hydrogens (tertiary/aromatic N) is 2. The first-order chi connectivity index (χ1) is 8.66. The third-order valence-electron chi connectivity index (χ3n) is 2.35. The van der Waals surface area contributed by atoms with E-state index in [1.165, 1.54) is 6.33 Å². The van der Waals surface area contributed by atoms with Gasteiger partial charge in [-0.2, -0.15) is 5.10 Å². The number of aromatic amines is 1. The van der Waals surface area contributed by atoms with Crippen LogP contribution < -0.4 is 4.72 Å². The van der Waals surface area contributed by atoms with Gasteiger partial charge in [0.15, 0.2) is 0 Å². The molecule has 0 amide bonds. The minimum Gasteiger partial charge on any atom is -0.263 e. The van der Waals surface area contributed by atoms with Gasteiger partial charge in [-0.15, -0.1) is 0 Å². The van der Waals surface area contributed by atoms with Crippen molar-refractivity contribution >= 4 is 10.0 Å². The topological polar surface area (TPSA) is 87.7 Å². The lowest BCUT2D eigenvalue weighted by molar-refractivity contribution is 0.580. The van der Waals surface area contributed by atoms with Crippen molar-refractivity contribution in [1.82, 2.24) is 19.9 Å². The van der Waals surface area contributed by atoms with Gasteiger partial charge in [0.25, 0.3) is 0 Å². The molecule has 0 spiro atoms. The number of sulfonamides is 1. The molecule has 0 unspecified atom stereocenters. The Morgan fingerprint density at radius 2 is 2.00 bits per heavy atom. The van der Waals surface area contributed by atoms with E-state index >= 15 is 0 Å². The minimum absolute atomic E-state index is 0.00968. The van der Waals surface area contributed by atoms with Crippen molar-refractivity contribution in [2.45, 2.75) is 12.2 Å². The summed E-state index contributed by atoms with van der Waals surface area (Å²) in [4.78, 5) is 3.92. The van der Waals surface area contributed by atoms with E-state index in [1.807, 2.05) is 18.2 Å². The van der Waals surface area contributed by atoms with E-state index in [-0.39, 0.29) is 5.75 Å². The van der Waals surface area contributed by atoms with Crippen LogP contribution in [0.15, 0.2) is 36.7 Å². The highest BCUT2D eigenvalue weighted by Gasteiger charge is 2.10. The highest BCUT2D eigenvalue weighted by atomic mass is 32.2. The van der Waals surface area contributed by atoms with Crippen LogP contribution in [0.1, 0.15) is 11.4 Å². The molecular weight excluding hydrogens is 252 g/mol. The Kier molecular flexibility index (Phi) is 4.06. The van der Waals surface area contributed by atoms with Gasteiger partial charge in [-0.25, -0.2) is 18.1 Å². The third kappa shape index (κ3) is 3.94. The molecule has 0 aliphatic rings. The first-order valence-corrected chi connectivity index (χ1v) is 7.16. The first kappa shape index (κ1) is 12.7. The van der Waals surface area contributed by atoms with Gasteiger partial charge < -0.3 is 0 Å². The van der Waals surface area contributed by atoms with E-state index in [4.69, 9.17) is 0 Å². The van der Waals surface area contributed by atoms with Crippen molar-refractivity contribution in [3.8, 4) is 0 Å². The van der Waals surface area contributed by atoms with Gasteiger partial charge >= 0.3 is 0 Å². The molecule has 2 N–H and O–H groups in total. The zero-order valence-corrected chi connectivity index (χ0v) is 10.5. The summed E-state index contributed by atoms with van der Waals surface area (Å²) in [6.07, 6.45) is 1.89. The Balaban J connectivity index is 1.84. The predicted molar refractivity (Wildman–Crippen MR) is 67.2 cm³/mol. The molecule has 0 saturated heterocycles. The summed E-state index contributed by atoms with van der Waals surface area (Å²) in [5, 5.41) is 6.37. The van der Waals surface area contributed by atoms with Gasteiger partial charge in [0.1, 0.15) is 12.2 Å². The lowest BCUT2D eigenvalue weighted by Gasteiger charge is -2.05. The van der Waals surface area contributed by atoms with Crippen molar-refractivity contribution < 1.29 is 8.42 Å². The quantitative estimate of drug-likeness (QED) is 0.795. The summed E-state index contributed by atoms with van der Waals surface area (Å²) in [5.41, 5.74) is 0.768. The summed E-state index contributed by atoms with van der Waals surface area (Å²) in [6.45, 7) is 0.310. The number of hydrogen-bond donors (Lipinski definition) is 2. The molecule has 2 aromatic rings. The molecule has 1 aromatic carbocycles. The maximum absolute atomic E-state index is 11.8. The summed E-state index contributed by atoms with van der Waals surface area (Å²) in [7, 11) is -3.30. The maximum Gasteiger partial charge on any atom is 0.215 e. The zero-order chi connectivity index (χ0) is 12.8. The van der Waals surface area contributed by atoms with E-state index in [1.54, 1.807) is 12.1 Å². The molecular formula is C11H14N4O2S. The second-order valence-corrected chi connectivity index (χ2v) is 5.63. The molecule has 1 aromatic heterocycles. The molecule has 1 heterocycles. The number of rotatable bonds is 6. The molecule has 0 bridgehead atoms. The second-order valence-electron chi connectivity index (χ2n) is 3.82.